The van der Waals surface area contributed by atoms with Crippen LogP contribution in [0.4, 0.5) is 0 Å². The largest absolute Gasteiger partial charge is 0.497 e. The fourth-order valence-corrected chi connectivity index (χ4v) is 5.29. The van der Waals surface area contributed by atoms with Crippen molar-refractivity contribution < 1.29 is 13.4 Å². The summed E-state index contributed by atoms with van der Waals surface area (Å²) in [6.07, 6.45) is 4.85. The Balaban J connectivity index is 2.13. The number of benzene rings is 1. The molecular formula is C25H42N2O3SSi. The Morgan fingerprint density at radius 3 is 2.25 bits per heavy atom. The molecule has 0 unspecified atom stereocenters. The highest BCUT2D eigenvalue weighted by molar-refractivity contribution is 7.86. The Labute approximate surface area is 198 Å². The van der Waals surface area contributed by atoms with E-state index in [-0.39, 0.29) is 15.7 Å². The molecule has 0 fully saturated rings. The lowest BCUT2D eigenvalue weighted by molar-refractivity contribution is 0.266. The topological polar surface area (TPSA) is 53.3 Å². The number of nitrogens with zero attached hydrogens (tertiary/aromatic N) is 2. The number of hydrogen-bond donors (Lipinski definition) is 0. The Hall–Kier alpha value is -1.44. The fraction of sp³-hybridized carbons (Fsp3) is 0.640. The van der Waals surface area contributed by atoms with Crippen LogP contribution in [0, 0.1) is 0 Å². The molecule has 2 atom stereocenters. The first-order valence-electron chi connectivity index (χ1n) is 11.4. The average molecular weight is 479 g/mol. The van der Waals surface area contributed by atoms with Crippen LogP contribution >= 0.6 is 0 Å². The van der Waals surface area contributed by atoms with E-state index in [1.54, 1.807) is 7.11 Å². The van der Waals surface area contributed by atoms with Gasteiger partial charge in [0.15, 0.2) is 8.32 Å². The van der Waals surface area contributed by atoms with Crippen LogP contribution in [0.25, 0.3) is 0 Å². The summed E-state index contributed by atoms with van der Waals surface area (Å²) in [7, 11) is -1.04. The predicted octanol–water partition coefficient (Wildman–Crippen LogP) is 5.79. The predicted molar refractivity (Wildman–Crippen MR) is 138 cm³/mol. The molecule has 0 aliphatic carbocycles. The lowest BCUT2D eigenvalue weighted by Crippen LogP contribution is -2.41. The van der Waals surface area contributed by atoms with E-state index in [9.17, 15) is 4.21 Å². The quantitative estimate of drug-likeness (QED) is 0.406. The van der Waals surface area contributed by atoms with Crippen molar-refractivity contribution in [2.45, 2.75) is 83.3 Å². The molecule has 0 spiro atoms. The highest BCUT2D eigenvalue weighted by Gasteiger charge is 2.36. The first kappa shape index (κ1) is 26.8. The van der Waals surface area contributed by atoms with Crippen molar-refractivity contribution in [3.05, 3.63) is 47.8 Å². The van der Waals surface area contributed by atoms with Crippen LogP contribution in [0.1, 0.15) is 58.6 Å². The Bertz CT molecular complexity index is 880. The van der Waals surface area contributed by atoms with Crippen molar-refractivity contribution in [2.75, 3.05) is 19.5 Å². The second-order valence-electron chi connectivity index (χ2n) is 11.0. The molecule has 2 rings (SSSR count). The minimum Gasteiger partial charge on any atom is -0.497 e. The molecule has 0 saturated carbocycles. The molecule has 0 amide bonds. The highest BCUT2D eigenvalue weighted by atomic mass is 32.2. The van der Waals surface area contributed by atoms with Gasteiger partial charge in [-0.25, -0.2) is 0 Å². The fourth-order valence-electron chi connectivity index (χ4n) is 3.08. The molecule has 32 heavy (non-hydrogen) atoms. The first-order chi connectivity index (χ1) is 14.7. The van der Waals surface area contributed by atoms with Crippen molar-refractivity contribution in [1.82, 2.24) is 9.78 Å². The van der Waals surface area contributed by atoms with E-state index in [4.69, 9.17) is 9.16 Å². The zero-order valence-corrected chi connectivity index (χ0v) is 23.2. The van der Waals surface area contributed by atoms with Crippen LogP contribution in [0.3, 0.4) is 0 Å². The van der Waals surface area contributed by atoms with Crippen LogP contribution in [0.5, 0.6) is 5.75 Å². The molecule has 0 radical (unpaired) electrons. The summed E-state index contributed by atoms with van der Waals surface area (Å²) in [5, 5.41) is 4.79. The van der Waals surface area contributed by atoms with E-state index < -0.39 is 19.1 Å². The smallest absolute Gasteiger partial charge is 0.192 e. The Morgan fingerprint density at radius 2 is 1.72 bits per heavy atom. The summed E-state index contributed by atoms with van der Waals surface area (Å²) in [5.74, 6) is 1.60. The van der Waals surface area contributed by atoms with E-state index in [1.807, 2.05) is 43.8 Å². The maximum absolute atomic E-state index is 13.0. The third-order valence-electron chi connectivity index (χ3n) is 6.39. The SMILES string of the molecule is COc1ccc(C[C@H](C[S@](=O)C(C)(C)C)c2cnn(CCO[Si](C)(C)C(C)(C)C)c2)cc1. The lowest BCUT2D eigenvalue weighted by Gasteiger charge is -2.36. The van der Waals surface area contributed by atoms with Gasteiger partial charge in [0.25, 0.3) is 0 Å². The zero-order chi connectivity index (χ0) is 24.2. The third kappa shape index (κ3) is 7.56. The normalized spacial score (nSPS) is 14.9. The summed E-state index contributed by atoms with van der Waals surface area (Å²) in [6.45, 7) is 18.8. The maximum Gasteiger partial charge on any atom is 0.192 e. The van der Waals surface area contributed by atoms with Gasteiger partial charge in [-0.3, -0.25) is 8.89 Å². The number of methoxy groups -OCH3 is 1. The number of rotatable bonds is 10. The van der Waals surface area contributed by atoms with Gasteiger partial charge in [-0.15, -0.1) is 0 Å². The van der Waals surface area contributed by atoms with Crippen molar-refractivity contribution >= 4 is 19.1 Å². The van der Waals surface area contributed by atoms with Gasteiger partial charge in [0.1, 0.15) is 5.75 Å². The minimum absolute atomic E-state index is 0.138. The minimum atomic E-state index is -1.77. The van der Waals surface area contributed by atoms with Crippen LogP contribution in [-0.4, -0.2) is 46.5 Å². The summed E-state index contributed by atoms with van der Waals surface area (Å²) < 4.78 is 26.3. The van der Waals surface area contributed by atoms with Crippen molar-refractivity contribution in [2.24, 2.45) is 0 Å². The molecule has 0 aliphatic heterocycles. The molecule has 0 N–H and O–H groups in total. The summed E-state index contributed by atoms with van der Waals surface area (Å²) >= 11 is 0. The lowest BCUT2D eigenvalue weighted by atomic mass is 9.96. The highest BCUT2D eigenvalue weighted by Crippen LogP contribution is 2.36. The molecule has 2 aromatic rings. The first-order valence-corrected chi connectivity index (χ1v) is 15.6. The van der Waals surface area contributed by atoms with E-state index in [1.165, 1.54) is 5.56 Å². The second kappa shape index (κ2) is 10.7. The average Bonchev–Trinajstić information content (AvgIpc) is 3.15. The Kier molecular flexibility index (Phi) is 8.93. The van der Waals surface area contributed by atoms with Gasteiger partial charge >= 0.3 is 0 Å². The van der Waals surface area contributed by atoms with Gasteiger partial charge in [-0.05, 0) is 68.6 Å². The third-order valence-corrected chi connectivity index (χ3v) is 13.0. The molecule has 1 aromatic carbocycles. The van der Waals surface area contributed by atoms with Gasteiger partial charge in [0, 0.05) is 33.4 Å². The van der Waals surface area contributed by atoms with E-state index in [0.717, 1.165) is 24.3 Å². The summed E-state index contributed by atoms with van der Waals surface area (Å²) in [5.41, 5.74) is 2.33. The van der Waals surface area contributed by atoms with Gasteiger partial charge < -0.3 is 9.16 Å². The Morgan fingerprint density at radius 1 is 1.09 bits per heavy atom. The van der Waals surface area contributed by atoms with Gasteiger partial charge in [-0.2, -0.15) is 5.10 Å². The molecule has 0 aliphatic rings. The number of hydrogen-bond acceptors (Lipinski definition) is 4. The van der Waals surface area contributed by atoms with Crippen molar-refractivity contribution in [3.8, 4) is 5.75 Å². The molecular weight excluding hydrogens is 436 g/mol. The van der Waals surface area contributed by atoms with Crippen LogP contribution in [0.15, 0.2) is 36.7 Å². The maximum atomic E-state index is 13.0. The van der Waals surface area contributed by atoms with Crippen molar-refractivity contribution in [1.29, 1.82) is 0 Å². The second-order valence-corrected chi connectivity index (χ2v) is 18.1. The van der Waals surface area contributed by atoms with Crippen LogP contribution in [0.2, 0.25) is 18.1 Å². The van der Waals surface area contributed by atoms with Gasteiger partial charge in [0.2, 0.25) is 0 Å². The van der Waals surface area contributed by atoms with Crippen LogP contribution in [-0.2, 0) is 28.2 Å². The number of ether oxygens (including phenoxy) is 1. The van der Waals surface area contributed by atoms with E-state index in [2.05, 4.69) is 57.3 Å². The van der Waals surface area contributed by atoms with Gasteiger partial charge in [0.05, 0.1) is 26.5 Å². The summed E-state index contributed by atoms with van der Waals surface area (Å²) in [6, 6.07) is 8.14. The molecule has 1 aromatic heterocycles. The van der Waals surface area contributed by atoms with Gasteiger partial charge in [-0.1, -0.05) is 32.9 Å². The van der Waals surface area contributed by atoms with E-state index >= 15 is 0 Å². The van der Waals surface area contributed by atoms with E-state index in [0.29, 0.717) is 12.4 Å². The molecule has 0 bridgehead atoms. The van der Waals surface area contributed by atoms with Crippen molar-refractivity contribution in [3.63, 3.8) is 0 Å². The molecule has 180 valence electrons. The molecule has 0 saturated heterocycles. The standard InChI is InChI=1S/C25H42N2O3SSi/c1-24(2,3)31(28)19-21(16-20-10-12-23(29-7)13-11-20)22-17-26-27(18-22)14-15-30-32(8,9)25(4,5)6/h10-13,17-18,21H,14-16,19H2,1-9H3/t21-,31+/m1/s1. The zero-order valence-electron chi connectivity index (χ0n) is 21.4. The molecule has 7 heteroatoms. The monoisotopic (exact) mass is 478 g/mol. The summed E-state index contributed by atoms with van der Waals surface area (Å²) in [4.78, 5) is 0. The number of aromatic nitrogens is 2. The van der Waals surface area contributed by atoms with Crippen LogP contribution < -0.4 is 4.74 Å². The molecule has 5 nitrogen and oxygen atoms in total. The molecule has 1 heterocycles.